The van der Waals surface area contributed by atoms with E-state index >= 15 is 0 Å². The minimum Gasteiger partial charge on any atom is -0.497 e. The third-order valence-corrected chi connectivity index (χ3v) is 3.83. The van der Waals surface area contributed by atoms with E-state index in [1.54, 1.807) is 25.4 Å². The number of rotatable bonds is 7. The van der Waals surface area contributed by atoms with Gasteiger partial charge in [-0.25, -0.2) is 0 Å². The first-order valence-electron chi connectivity index (χ1n) is 7.74. The van der Waals surface area contributed by atoms with Gasteiger partial charge in [-0.2, -0.15) is 0 Å². The lowest BCUT2D eigenvalue weighted by Gasteiger charge is -2.25. The quantitative estimate of drug-likeness (QED) is 0.831. The molecule has 6 nitrogen and oxygen atoms in total. The molecule has 2 rings (SSSR count). The van der Waals surface area contributed by atoms with Crippen molar-refractivity contribution in [1.82, 2.24) is 14.8 Å². The number of nitrogens with one attached hydrogen (secondary N) is 1. The molecule has 1 atom stereocenters. The van der Waals surface area contributed by atoms with Crippen LogP contribution >= 0.6 is 0 Å². The molecule has 0 saturated heterocycles. The molecule has 1 aromatic heterocycles. The van der Waals surface area contributed by atoms with E-state index in [4.69, 9.17) is 4.74 Å². The number of methoxy groups -OCH3 is 1. The van der Waals surface area contributed by atoms with E-state index in [0.29, 0.717) is 6.54 Å². The van der Waals surface area contributed by atoms with Gasteiger partial charge in [0.25, 0.3) is 5.56 Å². The van der Waals surface area contributed by atoms with Gasteiger partial charge in [0.1, 0.15) is 12.3 Å². The number of carbonyl (C=O) groups excluding carboxylic acids is 1. The van der Waals surface area contributed by atoms with Crippen molar-refractivity contribution in [1.29, 1.82) is 0 Å². The Kier molecular flexibility index (Phi) is 6.14. The van der Waals surface area contributed by atoms with Gasteiger partial charge in [-0.15, -0.1) is 0 Å². The third-order valence-electron chi connectivity index (χ3n) is 3.83. The Hall–Kier alpha value is -2.60. The second kappa shape index (κ2) is 8.31. The summed E-state index contributed by atoms with van der Waals surface area (Å²) in [6.07, 6.45) is 1.61. The lowest BCUT2D eigenvalue weighted by Crippen LogP contribution is -2.37. The summed E-state index contributed by atoms with van der Waals surface area (Å²) in [5.74, 6) is 0.604. The lowest BCUT2D eigenvalue weighted by atomic mass is 10.1. The predicted molar refractivity (Wildman–Crippen MR) is 93.1 cm³/mol. The number of amides is 1. The molecule has 128 valence electrons. The van der Waals surface area contributed by atoms with E-state index in [1.165, 1.54) is 10.6 Å². The van der Waals surface area contributed by atoms with Crippen LogP contribution < -0.4 is 15.6 Å². The van der Waals surface area contributed by atoms with Gasteiger partial charge in [-0.3, -0.25) is 9.59 Å². The van der Waals surface area contributed by atoms with Crippen molar-refractivity contribution in [2.24, 2.45) is 0 Å². The highest BCUT2D eigenvalue weighted by Crippen LogP contribution is 2.20. The maximum Gasteiger partial charge on any atom is 0.250 e. The van der Waals surface area contributed by atoms with Gasteiger partial charge in [-0.05, 0) is 37.9 Å². The number of benzene rings is 1. The number of hydrogen-bond donors (Lipinski definition) is 1. The van der Waals surface area contributed by atoms with Crippen LogP contribution in [-0.4, -0.2) is 43.1 Å². The smallest absolute Gasteiger partial charge is 0.250 e. The Labute approximate surface area is 141 Å². The highest BCUT2D eigenvalue weighted by molar-refractivity contribution is 5.75. The first-order valence-corrected chi connectivity index (χ1v) is 7.74. The van der Waals surface area contributed by atoms with E-state index in [-0.39, 0.29) is 24.1 Å². The number of carbonyl (C=O) groups is 1. The number of likely N-dealkylation sites (N-methyl/N-ethyl adjacent to an activating group) is 1. The molecule has 6 heteroatoms. The number of nitrogens with zero attached hydrogens (tertiary/aromatic N) is 2. The van der Waals surface area contributed by atoms with E-state index < -0.39 is 0 Å². The molecule has 2 aromatic rings. The molecule has 1 amide bonds. The number of aromatic nitrogens is 1. The average molecular weight is 329 g/mol. The SMILES string of the molecule is COc1ccc(C(CNC(=O)Cn2ccccc2=O)N(C)C)cc1. The first-order chi connectivity index (χ1) is 11.5. The molecule has 1 N–H and O–H groups in total. The highest BCUT2D eigenvalue weighted by Gasteiger charge is 2.15. The van der Waals surface area contributed by atoms with E-state index in [9.17, 15) is 9.59 Å². The summed E-state index contributed by atoms with van der Waals surface area (Å²) in [5, 5.41) is 2.90. The molecule has 1 unspecified atom stereocenters. The van der Waals surface area contributed by atoms with Gasteiger partial charge in [0.2, 0.25) is 5.91 Å². The minimum atomic E-state index is -0.191. The van der Waals surface area contributed by atoms with Gasteiger partial charge in [0.05, 0.1) is 13.2 Å². The van der Waals surface area contributed by atoms with Gasteiger partial charge < -0.3 is 19.5 Å². The molecule has 0 aliphatic heterocycles. The van der Waals surface area contributed by atoms with Crippen LogP contribution in [0.4, 0.5) is 0 Å². The summed E-state index contributed by atoms with van der Waals surface area (Å²) in [6.45, 7) is 0.474. The molecule has 24 heavy (non-hydrogen) atoms. The summed E-state index contributed by atoms with van der Waals surface area (Å²) in [7, 11) is 5.55. The van der Waals surface area contributed by atoms with Crippen LogP contribution in [0.1, 0.15) is 11.6 Å². The summed E-state index contributed by atoms with van der Waals surface area (Å²) in [5.41, 5.74) is 0.893. The molecule has 0 aliphatic rings. The van der Waals surface area contributed by atoms with E-state index in [1.807, 2.05) is 43.3 Å². The van der Waals surface area contributed by atoms with Crippen molar-refractivity contribution in [3.05, 3.63) is 64.6 Å². The zero-order valence-electron chi connectivity index (χ0n) is 14.2. The second-order valence-corrected chi connectivity index (χ2v) is 5.72. The third kappa shape index (κ3) is 4.70. The van der Waals surface area contributed by atoms with Crippen LogP contribution in [0.2, 0.25) is 0 Å². The van der Waals surface area contributed by atoms with Gasteiger partial charge in [-0.1, -0.05) is 18.2 Å². The van der Waals surface area contributed by atoms with Crippen LogP contribution in [0, 0.1) is 0 Å². The Morgan fingerprint density at radius 3 is 2.50 bits per heavy atom. The van der Waals surface area contributed by atoms with E-state index in [0.717, 1.165) is 11.3 Å². The monoisotopic (exact) mass is 329 g/mol. The molecule has 1 aromatic carbocycles. The number of ether oxygens (including phenoxy) is 1. The first kappa shape index (κ1) is 17.7. The molecule has 0 radical (unpaired) electrons. The topological polar surface area (TPSA) is 63.6 Å². The Balaban J connectivity index is 1.99. The van der Waals surface area contributed by atoms with Crippen molar-refractivity contribution in [3.8, 4) is 5.75 Å². The molecule has 0 spiro atoms. The highest BCUT2D eigenvalue weighted by atomic mass is 16.5. The molecule has 0 bridgehead atoms. The van der Waals surface area contributed by atoms with Crippen LogP contribution in [-0.2, 0) is 11.3 Å². The molecule has 0 saturated carbocycles. The van der Waals surface area contributed by atoms with Crippen molar-refractivity contribution < 1.29 is 9.53 Å². The normalized spacial score (nSPS) is 12.0. The number of pyridine rings is 1. The van der Waals surface area contributed by atoms with Crippen molar-refractivity contribution in [2.45, 2.75) is 12.6 Å². The van der Waals surface area contributed by atoms with Gasteiger partial charge in [0.15, 0.2) is 0 Å². The zero-order chi connectivity index (χ0) is 17.5. The fourth-order valence-electron chi connectivity index (χ4n) is 2.44. The van der Waals surface area contributed by atoms with Crippen LogP contribution in [0.25, 0.3) is 0 Å². The van der Waals surface area contributed by atoms with Crippen LogP contribution in [0.3, 0.4) is 0 Å². The Morgan fingerprint density at radius 2 is 1.92 bits per heavy atom. The second-order valence-electron chi connectivity index (χ2n) is 5.72. The Morgan fingerprint density at radius 1 is 1.21 bits per heavy atom. The zero-order valence-corrected chi connectivity index (χ0v) is 14.2. The lowest BCUT2D eigenvalue weighted by molar-refractivity contribution is -0.121. The predicted octanol–water partition coefficient (Wildman–Crippen LogP) is 1.28. The standard InChI is InChI=1S/C18H23N3O3/c1-20(2)16(14-7-9-15(24-3)10-8-14)12-19-17(22)13-21-11-5-4-6-18(21)23/h4-11,16H,12-13H2,1-3H3,(H,19,22). The molecule has 0 fully saturated rings. The molecular weight excluding hydrogens is 306 g/mol. The van der Waals surface area contributed by atoms with Crippen molar-refractivity contribution in [2.75, 3.05) is 27.7 Å². The fraction of sp³-hybridized carbons (Fsp3) is 0.333. The summed E-state index contributed by atoms with van der Waals surface area (Å²) in [4.78, 5) is 25.8. The van der Waals surface area contributed by atoms with Crippen LogP contribution in [0.5, 0.6) is 5.75 Å². The van der Waals surface area contributed by atoms with Gasteiger partial charge >= 0.3 is 0 Å². The van der Waals surface area contributed by atoms with Crippen LogP contribution in [0.15, 0.2) is 53.5 Å². The Bertz CT molecular complexity index is 723. The summed E-state index contributed by atoms with van der Waals surface area (Å²) in [6, 6.07) is 12.6. The maximum absolute atomic E-state index is 12.1. The summed E-state index contributed by atoms with van der Waals surface area (Å²) < 4.78 is 6.55. The average Bonchev–Trinajstić information content (AvgIpc) is 2.57. The molecule has 0 aliphatic carbocycles. The van der Waals surface area contributed by atoms with Crippen molar-refractivity contribution in [3.63, 3.8) is 0 Å². The summed E-state index contributed by atoms with van der Waals surface area (Å²) >= 11 is 0. The van der Waals surface area contributed by atoms with Gasteiger partial charge in [0, 0.05) is 18.8 Å². The van der Waals surface area contributed by atoms with E-state index in [2.05, 4.69) is 5.32 Å². The largest absolute Gasteiger partial charge is 0.497 e. The molecular formula is C18H23N3O3. The molecule has 1 heterocycles. The minimum absolute atomic E-state index is 0.0163. The maximum atomic E-state index is 12.1. The fourth-order valence-corrected chi connectivity index (χ4v) is 2.44. The van der Waals surface area contributed by atoms with Crippen molar-refractivity contribution >= 4 is 5.91 Å². The number of hydrogen-bond acceptors (Lipinski definition) is 4.